The average molecular weight is 319 g/mol. The number of hydrogen-bond acceptors (Lipinski definition) is 5. The molecule has 2 N–H and O–H groups in total. The Labute approximate surface area is 132 Å². The summed E-state index contributed by atoms with van der Waals surface area (Å²) in [5.74, 6) is -0.146. The molecule has 1 aromatic carbocycles. The fourth-order valence-corrected chi connectivity index (χ4v) is 2.24. The van der Waals surface area contributed by atoms with Gasteiger partial charge in [-0.1, -0.05) is 18.2 Å². The third kappa shape index (κ3) is 4.56. The van der Waals surface area contributed by atoms with E-state index in [9.17, 15) is 9.59 Å². The number of aromatic nitrogens is 1. The van der Waals surface area contributed by atoms with Gasteiger partial charge in [-0.2, -0.15) is 0 Å². The van der Waals surface area contributed by atoms with Gasteiger partial charge in [0.1, 0.15) is 10.5 Å². The standard InChI is InChI=1S/C15H17N3O3S/c1-15(2,3)21-14(20)18-12-11(22-9-16-12)13(19)17-10-7-5-4-6-8-10/h4-9H,1-3H3,(H,17,19)(H,18,20). The molecule has 2 amide bonds. The molecule has 6 nitrogen and oxygen atoms in total. The quantitative estimate of drug-likeness (QED) is 0.903. The normalized spacial score (nSPS) is 10.9. The smallest absolute Gasteiger partial charge is 0.413 e. The van der Waals surface area contributed by atoms with Crippen molar-refractivity contribution in [3.63, 3.8) is 0 Å². The molecule has 1 heterocycles. The molecule has 0 saturated heterocycles. The largest absolute Gasteiger partial charge is 0.444 e. The van der Waals surface area contributed by atoms with Crippen molar-refractivity contribution in [2.24, 2.45) is 0 Å². The van der Waals surface area contributed by atoms with E-state index in [1.54, 1.807) is 32.9 Å². The molecule has 0 fully saturated rings. The van der Waals surface area contributed by atoms with E-state index in [1.165, 1.54) is 5.51 Å². The Morgan fingerprint density at radius 1 is 1.14 bits per heavy atom. The zero-order valence-corrected chi connectivity index (χ0v) is 13.4. The number of amides is 2. The van der Waals surface area contributed by atoms with Crippen molar-refractivity contribution in [2.45, 2.75) is 26.4 Å². The summed E-state index contributed by atoms with van der Waals surface area (Å²) in [4.78, 5) is 28.3. The number of ether oxygens (including phenoxy) is 1. The summed E-state index contributed by atoms with van der Waals surface area (Å²) in [7, 11) is 0. The second kappa shape index (κ2) is 6.57. The van der Waals surface area contributed by atoms with Crippen molar-refractivity contribution in [3.05, 3.63) is 40.7 Å². The van der Waals surface area contributed by atoms with Crippen LogP contribution in [0.2, 0.25) is 0 Å². The Kier molecular flexibility index (Phi) is 4.77. The summed E-state index contributed by atoms with van der Waals surface area (Å²) in [6, 6.07) is 9.06. The van der Waals surface area contributed by atoms with Crippen LogP contribution in [0.4, 0.5) is 16.3 Å². The fourth-order valence-electron chi connectivity index (χ4n) is 1.61. The van der Waals surface area contributed by atoms with Crippen LogP contribution < -0.4 is 10.6 Å². The number of para-hydroxylation sites is 1. The molecule has 22 heavy (non-hydrogen) atoms. The third-order valence-electron chi connectivity index (χ3n) is 2.42. The molecule has 0 saturated carbocycles. The highest BCUT2D eigenvalue weighted by Gasteiger charge is 2.21. The van der Waals surface area contributed by atoms with Gasteiger partial charge in [-0.05, 0) is 32.9 Å². The first kappa shape index (κ1) is 16.0. The van der Waals surface area contributed by atoms with E-state index in [-0.39, 0.29) is 11.7 Å². The fraction of sp³-hybridized carbons (Fsp3) is 0.267. The van der Waals surface area contributed by atoms with Crippen LogP contribution in [-0.4, -0.2) is 22.6 Å². The maximum atomic E-state index is 12.2. The number of benzene rings is 1. The van der Waals surface area contributed by atoms with E-state index in [4.69, 9.17) is 4.74 Å². The first-order chi connectivity index (χ1) is 10.3. The summed E-state index contributed by atoms with van der Waals surface area (Å²) >= 11 is 1.14. The lowest BCUT2D eigenvalue weighted by atomic mass is 10.2. The number of hydrogen-bond donors (Lipinski definition) is 2. The second-order valence-electron chi connectivity index (χ2n) is 5.48. The molecule has 0 bridgehead atoms. The zero-order chi connectivity index (χ0) is 16.2. The van der Waals surface area contributed by atoms with Crippen LogP contribution in [0.3, 0.4) is 0 Å². The minimum atomic E-state index is -0.646. The van der Waals surface area contributed by atoms with Gasteiger partial charge in [0.15, 0.2) is 5.82 Å². The summed E-state index contributed by atoms with van der Waals surface area (Å²) in [5, 5.41) is 5.24. The molecule has 2 aromatic rings. The van der Waals surface area contributed by atoms with Crippen LogP contribution in [0.1, 0.15) is 30.4 Å². The van der Waals surface area contributed by atoms with Gasteiger partial charge in [0.05, 0.1) is 5.51 Å². The number of carbonyl (C=O) groups is 2. The number of rotatable bonds is 3. The lowest BCUT2D eigenvalue weighted by molar-refractivity contribution is 0.0635. The van der Waals surface area contributed by atoms with Gasteiger partial charge < -0.3 is 10.1 Å². The topological polar surface area (TPSA) is 80.3 Å². The predicted molar refractivity (Wildman–Crippen MR) is 86.4 cm³/mol. The highest BCUT2D eigenvalue weighted by atomic mass is 32.1. The van der Waals surface area contributed by atoms with Crippen LogP contribution in [-0.2, 0) is 4.74 Å². The molecule has 0 spiro atoms. The third-order valence-corrected chi connectivity index (χ3v) is 3.25. The van der Waals surface area contributed by atoms with Crippen molar-refractivity contribution in [1.82, 2.24) is 4.98 Å². The summed E-state index contributed by atoms with van der Waals surface area (Å²) in [5.41, 5.74) is 1.54. The van der Waals surface area contributed by atoms with E-state index in [2.05, 4.69) is 15.6 Å². The molecule has 1 aromatic heterocycles. The van der Waals surface area contributed by atoms with Crippen molar-refractivity contribution in [1.29, 1.82) is 0 Å². The maximum absolute atomic E-state index is 12.2. The van der Waals surface area contributed by atoms with E-state index < -0.39 is 11.7 Å². The van der Waals surface area contributed by atoms with E-state index >= 15 is 0 Å². The van der Waals surface area contributed by atoms with Crippen molar-refractivity contribution in [3.8, 4) is 0 Å². The average Bonchev–Trinajstić information content (AvgIpc) is 2.85. The van der Waals surface area contributed by atoms with Gasteiger partial charge >= 0.3 is 6.09 Å². The van der Waals surface area contributed by atoms with E-state index in [0.717, 1.165) is 11.3 Å². The summed E-state index contributed by atoms with van der Waals surface area (Å²) < 4.78 is 5.15. The van der Waals surface area contributed by atoms with Gasteiger partial charge in [-0.15, -0.1) is 11.3 Å². The van der Waals surface area contributed by atoms with E-state index in [0.29, 0.717) is 10.6 Å². The van der Waals surface area contributed by atoms with Gasteiger partial charge in [0.2, 0.25) is 0 Å². The molecule has 0 unspecified atom stereocenters. The minimum Gasteiger partial charge on any atom is -0.444 e. The molecule has 0 aliphatic rings. The molecular formula is C15H17N3O3S. The lowest BCUT2D eigenvalue weighted by Gasteiger charge is -2.19. The molecule has 116 valence electrons. The minimum absolute atomic E-state index is 0.188. The van der Waals surface area contributed by atoms with Crippen molar-refractivity contribution < 1.29 is 14.3 Å². The lowest BCUT2D eigenvalue weighted by Crippen LogP contribution is -2.28. The SMILES string of the molecule is CC(C)(C)OC(=O)Nc1ncsc1C(=O)Nc1ccccc1. The molecular weight excluding hydrogens is 302 g/mol. The number of nitrogens with one attached hydrogen (secondary N) is 2. The van der Waals surface area contributed by atoms with E-state index in [1.807, 2.05) is 18.2 Å². The first-order valence-electron chi connectivity index (χ1n) is 6.65. The number of carbonyl (C=O) groups excluding carboxylic acids is 2. The monoisotopic (exact) mass is 319 g/mol. The predicted octanol–water partition coefficient (Wildman–Crippen LogP) is 3.74. The Hall–Kier alpha value is -2.41. The molecule has 7 heteroatoms. The Morgan fingerprint density at radius 3 is 2.45 bits per heavy atom. The Balaban J connectivity index is 2.06. The van der Waals surface area contributed by atoms with Gasteiger partial charge in [-0.25, -0.2) is 9.78 Å². The Morgan fingerprint density at radius 2 is 1.82 bits per heavy atom. The summed E-state index contributed by atoms with van der Waals surface area (Å²) in [6.45, 7) is 5.28. The van der Waals surface area contributed by atoms with Crippen LogP contribution >= 0.6 is 11.3 Å². The van der Waals surface area contributed by atoms with Gasteiger partial charge in [0, 0.05) is 5.69 Å². The first-order valence-corrected chi connectivity index (χ1v) is 7.53. The van der Waals surface area contributed by atoms with Crippen LogP contribution in [0.5, 0.6) is 0 Å². The molecule has 0 atom stereocenters. The van der Waals surface area contributed by atoms with Gasteiger partial charge in [-0.3, -0.25) is 10.1 Å². The highest BCUT2D eigenvalue weighted by Crippen LogP contribution is 2.21. The zero-order valence-electron chi connectivity index (χ0n) is 12.5. The highest BCUT2D eigenvalue weighted by molar-refractivity contribution is 7.12. The summed E-state index contributed by atoms with van der Waals surface area (Å²) in [6.07, 6.45) is -0.646. The van der Waals surface area contributed by atoms with Crippen molar-refractivity contribution in [2.75, 3.05) is 10.6 Å². The van der Waals surface area contributed by atoms with Crippen LogP contribution in [0.15, 0.2) is 35.8 Å². The van der Waals surface area contributed by atoms with Crippen LogP contribution in [0, 0.1) is 0 Å². The number of nitrogens with zero attached hydrogens (tertiary/aromatic N) is 1. The number of anilines is 2. The second-order valence-corrected chi connectivity index (χ2v) is 6.33. The Bertz CT molecular complexity index is 662. The molecule has 0 aliphatic heterocycles. The van der Waals surface area contributed by atoms with Crippen LogP contribution in [0.25, 0.3) is 0 Å². The maximum Gasteiger partial charge on any atom is 0.413 e. The molecule has 0 aliphatic carbocycles. The number of thiazole rings is 1. The molecule has 2 rings (SSSR count). The van der Waals surface area contributed by atoms with Gasteiger partial charge in [0.25, 0.3) is 5.91 Å². The molecule has 0 radical (unpaired) electrons. The van der Waals surface area contributed by atoms with Crippen molar-refractivity contribution >= 4 is 34.8 Å².